The summed E-state index contributed by atoms with van der Waals surface area (Å²) in [4.78, 5) is 32.5. The summed E-state index contributed by atoms with van der Waals surface area (Å²) in [5.74, 6) is 1.98. The molecule has 0 atom stereocenters. The number of hydrogen-bond donors (Lipinski definition) is 1. The fourth-order valence-corrected chi connectivity index (χ4v) is 3.94. The molecule has 2 fully saturated rings. The van der Waals surface area contributed by atoms with Gasteiger partial charge in [0.1, 0.15) is 11.8 Å². The van der Waals surface area contributed by atoms with Crippen molar-refractivity contribution in [3.63, 3.8) is 0 Å². The average molecular weight is 328 g/mol. The molecule has 0 radical (unpaired) electrons. The molecule has 2 aliphatic rings. The second kappa shape index (κ2) is 6.75. The number of H-pyrrole nitrogens is 1. The monoisotopic (exact) mass is 328 g/mol. The van der Waals surface area contributed by atoms with Gasteiger partial charge in [-0.05, 0) is 12.3 Å². The van der Waals surface area contributed by atoms with E-state index < -0.39 is 0 Å². The Morgan fingerprint density at radius 1 is 1.12 bits per heavy atom. The van der Waals surface area contributed by atoms with Crippen LogP contribution in [0.25, 0.3) is 11.2 Å². The van der Waals surface area contributed by atoms with Crippen LogP contribution in [-0.4, -0.2) is 56.9 Å². The minimum Gasteiger partial charge on any atom is -0.351 e. The SMILES string of the molecule is O=C(CCC1CCCC1)N1CCN(c2ncnc3nc[nH]c23)CC1. The number of nitrogens with one attached hydrogen (secondary N) is 1. The number of aromatic nitrogens is 4. The topological polar surface area (TPSA) is 78.0 Å². The van der Waals surface area contributed by atoms with E-state index in [0.29, 0.717) is 18.0 Å². The number of piperazine rings is 1. The molecule has 1 N–H and O–H groups in total. The van der Waals surface area contributed by atoms with Gasteiger partial charge in [-0.1, -0.05) is 25.7 Å². The van der Waals surface area contributed by atoms with Crippen molar-refractivity contribution in [2.75, 3.05) is 31.1 Å². The fourth-order valence-electron chi connectivity index (χ4n) is 3.94. The number of rotatable bonds is 4. The maximum absolute atomic E-state index is 12.4. The van der Waals surface area contributed by atoms with Crippen LogP contribution in [0.1, 0.15) is 38.5 Å². The van der Waals surface area contributed by atoms with Gasteiger partial charge in [0, 0.05) is 32.6 Å². The summed E-state index contributed by atoms with van der Waals surface area (Å²) in [5, 5.41) is 0. The first-order chi connectivity index (χ1) is 11.8. The number of anilines is 1. The van der Waals surface area contributed by atoms with Gasteiger partial charge in [-0.25, -0.2) is 15.0 Å². The quantitative estimate of drug-likeness (QED) is 0.928. The Hall–Kier alpha value is -2.18. The normalized spacial score (nSPS) is 19.3. The Kier molecular flexibility index (Phi) is 4.32. The zero-order valence-corrected chi connectivity index (χ0v) is 13.9. The molecule has 4 rings (SSSR count). The van der Waals surface area contributed by atoms with Crippen molar-refractivity contribution >= 4 is 22.9 Å². The van der Waals surface area contributed by atoms with Gasteiger partial charge >= 0.3 is 0 Å². The number of amides is 1. The third-order valence-corrected chi connectivity index (χ3v) is 5.38. The molecular weight excluding hydrogens is 304 g/mol. The van der Waals surface area contributed by atoms with Crippen LogP contribution in [0.2, 0.25) is 0 Å². The van der Waals surface area contributed by atoms with Gasteiger partial charge in [0.2, 0.25) is 5.91 Å². The molecule has 2 aromatic rings. The first-order valence-electron chi connectivity index (χ1n) is 8.98. The Balaban J connectivity index is 1.33. The molecule has 128 valence electrons. The highest BCUT2D eigenvalue weighted by Gasteiger charge is 2.24. The first kappa shape index (κ1) is 15.4. The van der Waals surface area contributed by atoms with Crippen LogP contribution < -0.4 is 4.90 Å². The number of aromatic amines is 1. The maximum Gasteiger partial charge on any atom is 0.222 e. The Morgan fingerprint density at radius 3 is 2.71 bits per heavy atom. The van der Waals surface area contributed by atoms with Crippen molar-refractivity contribution in [3.8, 4) is 0 Å². The summed E-state index contributed by atoms with van der Waals surface area (Å²) in [6.45, 7) is 3.15. The van der Waals surface area contributed by atoms with Crippen LogP contribution in [0.4, 0.5) is 5.82 Å². The molecule has 1 aliphatic carbocycles. The van der Waals surface area contributed by atoms with Crippen molar-refractivity contribution in [2.24, 2.45) is 5.92 Å². The zero-order chi connectivity index (χ0) is 16.4. The van der Waals surface area contributed by atoms with E-state index in [1.165, 1.54) is 25.7 Å². The lowest BCUT2D eigenvalue weighted by molar-refractivity contribution is -0.131. The third-order valence-electron chi connectivity index (χ3n) is 5.38. The lowest BCUT2D eigenvalue weighted by Gasteiger charge is -2.35. The molecule has 0 spiro atoms. The van der Waals surface area contributed by atoms with Crippen LogP contribution in [0.3, 0.4) is 0 Å². The Labute approximate surface area is 141 Å². The van der Waals surface area contributed by atoms with Crippen LogP contribution in [0.5, 0.6) is 0 Å². The highest BCUT2D eigenvalue weighted by Crippen LogP contribution is 2.29. The minimum atomic E-state index is 0.316. The first-order valence-corrected chi connectivity index (χ1v) is 8.98. The van der Waals surface area contributed by atoms with Crippen LogP contribution in [0.15, 0.2) is 12.7 Å². The zero-order valence-electron chi connectivity index (χ0n) is 13.9. The minimum absolute atomic E-state index is 0.316. The van der Waals surface area contributed by atoms with Crippen molar-refractivity contribution in [1.29, 1.82) is 0 Å². The van der Waals surface area contributed by atoms with Gasteiger partial charge in [-0.3, -0.25) is 4.79 Å². The molecule has 1 saturated heterocycles. The largest absolute Gasteiger partial charge is 0.351 e. The van der Waals surface area contributed by atoms with E-state index in [-0.39, 0.29) is 0 Å². The molecule has 3 heterocycles. The van der Waals surface area contributed by atoms with Gasteiger partial charge in [0.25, 0.3) is 0 Å². The molecule has 1 amide bonds. The van der Waals surface area contributed by atoms with E-state index in [2.05, 4.69) is 24.8 Å². The van der Waals surface area contributed by atoms with Crippen LogP contribution >= 0.6 is 0 Å². The molecule has 24 heavy (non-hydrogen) atoms. The fraction of sp³-hybridized carbons (Fsp3) is 0.647. The molecule has 7 heteroatoms. The summed E-state index contributed by atoms with van der Waals surface area (Å²) in [5.41, 5.74) is 1.56. The molecule has 0 aromatic carbocycles. The smallest absolute Gasteiger partial charge is 0.222 e. The standard InChI is InChI=1S/C17H24N6O/c24-14(6-5-13-3-1-2-4-13)22-7-9-23(10-8-22)17-15-16(19-11-18-15)20-12-21-17/h11-13H,1-10H2,(H,18,19,20,21). The van der Waals surface area contributed by atoms with E-state index in [4.69, 9.17) is 0 Å². The predicted octanol–water partition coefficient (Wildman–Crippen LogP) is 1.97. The van der Waals surface area contributed by atoms with Crippen molar-refractivity contribution < 1.29 is 4.79 Å². The summed E-state index contributed by atoms with van der Waals surface area (Å²) in [6.07, 6.45) is 10.3. The number of imidazole rings is 1. The highest BCUT2D eigenvalue weighted by molar-refractivity contribution is 5.83. The second-order valence-corrected chi connectivity index (χ2v) is 6.86. The highest BCUT2D eigenvalue weighted by atomic mass is 16.2. The van der Waals surface area contributed by atoms with Crippen LogP contribution in [-0.2, 0) is 4.79 Å². The molecule has 1 saturated carbocycles. The lowest BCUT2D eigenvalue weighted by Crippen LogP contribution is -2.49. The Morgan fingerprint density at radius 2 is 1.92 bits per heavy atom. The van der Waals surface area contributed by atoms with Gasteiger partial charge in [0.05, 0.1) is 6.33 Å². The van der Waals surface area contributed by atoms with E-state index >= 15 is 0 Å². The van der Waals surface area contributed by atoms with E-state index in [0.717, 1.165) is 49.9 Å². The van der Waals surface area contributed by atoms with E-state index in [1.807, 2.05) is 4.90 Å². The second-order valence-electron chi connectivity index (χ2n) is 6.86. The van der Waals surface area contributed by atoms with Gasteiger partial charge in [-0.15, -0.1) is 0 Å². The molecular formula is C17H24N6O. The number of fused-ring (bicyclic) bond motifs is 1. The van der Waals surface area contributed by atoms with Crippen molar-refractivity contribution in [3.05, 3.63) is 12.7 Å². The molecule has 7 nitrogen and oxygen atoms in total. The summed E-state index contributed by atoms with van der Waals surface area (Å²) >= 11 is 0. The van der Waals surface area contributed by atoms with E-state index in [9.17, 15) is 4.79 Å². The van der Waals surface area contributed by atoms with Crippen LogP contribution in [0, 0.1) is 5.92 Å². The third kappa shape index (κ3) is 3.07. The Bertz CT molecular complexity index is 700. The summed E-state index contributed by atoms with van der Waals surface area (Å²) in [7, 11) is 0. The number of carbonyl (C=O) groups is 1. The maximum atomic E-state index is 12.4. The molecule has 2 aromatic heterocycles. The predicted molar refractivity (Wildman–Crippen MR) is 91.7 cm³/mol. The molecule has 0 bridgehead atoms. The molecule has 1 aliphatic heterocycles. The van der Waals surface area contributed by atoms with Crippen molar-refractivity contribution in [1.82, 2.24) is 24.8 Å². The number of carbonyl (C=O) groups excluding carboxylic acids is 1. The van der Waals surface area contributed by atoms with Crippen molar-refractivity contribution in [2.45, 2.75) is 38.5 Å². The number of nitrogens with zero attached hydrogens (tertiary/aromatic N) is 5. The van der Waals surface area contributed by atoms with Gasteiger partial charge in [-0.2, -0.15) is 0 Å². The summed E-state index contributed by atoms with van der Waals surface area (Å²) in [6, 6.07) is 0. The lowest BCUT2D eigenvalue weighted by atomic mass is 10.0. The van der Waals surface area contributed by atoms with E-state index in [1.54, 1.807) is 12.7 Å². The molecule has 0 unspecified atom stereocenters. The van der Waals surface area contributed by atoms with Gasteiger partial charge in [0.15, 0.2) is 11.5 Å². The van der Waals surface area contributed by atoms with Gasteiger partial charge < -0.3 is 14.8 Å². The number of hydrogen-bond acceptors (Lipinski definition) is 5. The summed E-state index contributed by atoms with van der Waals surface area (Å²) < 4.78 is 0. The average Bonchev–Trinajstić information content (AvgIpc) is 3.31.